The zero-order valence-electron chi connectivity index (χ0n) is 5.41. The molecule has 0 radical (unpaired) electrons. The van der Waals surface area contributed by atoms with Crippen molar-refractivity contribution >= 4 is 0 Å². The molecule has 0 spiro atoms. The van der Waals surface area contributed by atoms with Gasteiger partial charge < -0.3 is 4.74 Å². The van der Waals surface area contributed by atoms with Gasteiger partial charge in [0, 0.05) is 5.57 Å². The van der Waals surface area contributed by atoms with Crippen molar-refractivity contribution in [2.75, 3.05) is 7.11 Å². The summed E-state index contributed by atoms with van der Waals surface area (Å²) in [4.78, 5) is 0. The summed E-state index contributed by atoms with van der Waals surface area (Å²) in [6, 6.07) is 0. The van der Waals surface area contributed by atoms with Gasteiger partial charge in [0.2, 0.25) is 0 Å². The summed E-state index contributed by atoms with van der Waals surface area (Å²) in [6.45, 7) is 9.71. The molecule has 0 N–H and O–H groups in total. The Hall–Kier alpha value is -1.05. The molecule has 0 aliphatic carbocycles. The zero-order chi connectivity index (χ0) is 7.44. The zero-order valence-corrected chi connectivity index (χ0v) is 5.41. The molecule has 0 fully saturated rings. The Labute approximate surface area is 54.1 Å². The Morgan fingerprint density at radius 3 is 1.89 bits per heavy atom. The molecule has 0 bridgehead atoms. The van der Waals surface area contributed by atoms with Gasteiger partial charge in [0.25, 0.3) is 0 Å². The molecule has 0 aromatic carbocycles. The van der Waals surface area contributed by atoms with E-state index in [4.69, 9.17) is 0 Å². The first-order chi connectivity index (χ1) is 4.09. The van der Waals surface area contributed by atoms with Crippen LogP contribution in [0.25, 0.3) is 0 Å². The number of ether oxygens (including phenoxy) is 1. The summed E-state index contributed by atoms with van der Waals surface area (Å²) in [6.07, 6.45) is 0. The van der Waals surface area contributed by atoms with Crippen LogP contribution in [0.3, 0.4) is 0 Å². The number of hydrogen-bond acceptors (Lipinski definition) is 1. The molecule has 0 aromatic rings. The van der Waals surface area contributed by atoms with Crippen LogP contribution in [0.15, 0.2) is 36.9 Å². The van der Waals surface area contributed by atoms with E-state index in [9.17, 15) is 4.39 Å². The van der Waals surface area contributed by atoms with E-state index in [-0.39, 0.29) is 11.3 Å². The summed E-state index contributed by atoms with van der Waals surface area (Å²) >= 11 is 0. The van der Waals surface area contributed by atoms with Crippen molar-refractivity contribution in [1.29, 1.82) is 0 Å². The molecule has 0 heterocycles. The maximum Gasteiger partial charge on any atom is 0.126 e. The smallest absolute Gasteiger partial charge is 0.126 e. The minimum Gasteiger partial charge on any atom is -0.497 e. The monoisotopic (exact) mass is 128 g/mol. The van der Waals surface area contributed by atoms with Crippen molar-refractivity contribution < 1.29 is 9.13 Å². The number of rotatable bonds is 3. The van der Waals surface area contributed by atoms with E-state index in [0.717, 1.165) is 0 Å². The molecule has 0 unspecified atom stereocenters. The average Bonchev–Trinajstić information content (AvgIpc) is 1.84. The van der Waals surface area contributed by atoms with Crippen molar-refractivity contribution in [2.24, 2.45) is 0 Å². The van der Waals surface area contributed by atoms with Gasteiger partial charge >= 0.3 is 0 Å². The van der Waals surface area contributed by atoms with Crippen LogP contribution < -0.4 is 0 Å². The maximum absolute atomic E-state index is 12.1. The lowest BCUT2D eigenvalue weighted by Crippen LogP contribution is -1.87. The minimum atomic E-state index is -0.609. The molecule has 0 amide bonds. The van der Waals surface area contributed by atoms with Crippen LogP contribution in [0.4, 0.5) is 4.39 Å². The Bertz CT molecular complexity index is 158. The van der Waals surface area contributed by atoms with Gasteiger partial charge in [-0.1, -0.05) is 19.7 Å². The van der Waals surface area contributed by atoms with Crippen LogP contribution in [-0.2, 0) is 4.74 Å². The summed E-state index contributed by atoms with van der Waals surface area (Å²) in [5.74, 6) is -0.399. The lowest BCUT2D eigenvalue weighted by Gasteiger charge is -2.02. The first-order valence-corrected chi connectivity index (χ1v) is 2.36. The van der Waals surface area contributed by atoms with E-state index < -0.39 is 5.83 Å². The van der Waals surface area contributed by atoms with Crippen LogP contribution in [0.5, 0.6) is 0 Å². The van der Waals surface area contributed by atoms with Crippen LogP contribution in [0, 0.1) is 0 Å². The molecular formula is C7H9FO. The number of allylic oxidation sites excluding steroid dienone is 1. The predicted octanol–water partition coefficient (Wildman–Crippen LogP) is 2.19. The molecule has 0 atom stereocenters. The van der Waals surface area contributed by atoms with Gasteiger partial charge in [-0.3, -0.25) is 0 Å². The average molecular weight is 128 g/mol. The number of halogens is 1. The first-order valence-electron chi connectivity index (χ1n) is 2.36. The van der Waals surface area contributed by atoms with Gasteiger partial charge in [0.1, 0.15) is 11.6 Å². The normalized spacial score (nSPS) is 8.22. The molecule has 1 nitrogen and oxygen atoms in total. The summed E-state index contributed by atoms with van der Waals surface area (Å²) in [5, 5.41) is 0. The van der Waals surface area contributed by atoms with Gasteiger partial charge in [-0.2, -0.15) is 0 Å². The van der Waals surface area contributed by atoms with E-state index in [2.05, 4.69) is 24.5 Å². The highest BCUT2D eigenvalue weighted by Crippen LogP contribution is 2.14. The lowest BCUT2D eigenvalue weighted by atomic mass is 10.2. The minimum absolute atomic E-state index is 0.109. The quantitative estimate of drug-likeness (QED) is 0.418. The SMILES string of the molecule is C=C(F)C(=C)C(=C)OC. The largest absolute Gasteiger partial charge is 0.497 e. The van der Waals surface area contributed by atoms with Crippen LogP contribution in [-0.4, -0.2) is 7.11 Å². The van der Waals surface area contributed by atoms with Gasteiger partial charge in [-0.25, -0.2) is 4.39 Å². The highest BCUT2D eigenvalue weighted by atomic mass is 19.1. The van der Waals surface area contributed by atoms with E-state index in [0.29, 0.717) is 0 Å². The lowest BCUT2D eigenvalue weighted by molar-refractivity contribution is 0.301. The first kappa shape index (κ1) is 7.95. The highest BCUT2D eigenvalue weighted by Gasteiger charge is 2.01. The Morgan fingerprint density at radius 2 is 1.78 bits per heavy atom. The fraction of sp³-hybridized carbons (Fsp3) is 0.143. The van der Waals surface area contributed by atoms with Crippen molar-refractivity contribution in [3.05, 3.63) is 36.9 Å². The standard InChI is InChI=1S/C7H9FO/c1-5(6(2)8)7(3)9-4/h1-3H2,4H3. The van der Waals surface area contributed by atoms with Crippen molar-refractivity contribution in [3.8, 4) is 0 Å². The van der Waals surface area contributed by atoms with Crippen molar-refractivity contribution in [1.82, 2.24) is 0 Å². The summed E-state index contributed by atoms with van der Waals surface area (Å²) in [5.41, 5.74) is 0.109. The van der Waals surface area contributed by atoms with Crippen molar-refractivity contribution in [3.63, 3.8) is 0 Å². The molecular weight excluding hydrogens is 119 g/mol. The van der Waals surface area contributed by atoms with E-state index in [1.165, 1.54) is 7.11 Å². The summed E-state index contributed by atoms with van der Waals surface area (Å²) < 4.78 is 16.7. The van der Waals surface area contributed by atoms with E-state index in [1.807, 2.05) is 0 Å². The predicted molar refractivity (Wildman–Crippen MR) is 35.5 cm³/mol. The fourth-order valence-corrected chi connectivity index (χ4v) is 0.274. The molecule has 0 aliphatic rings. The molecule has 2 heteroatoms. The third-order valence-corrected chi connectivity index (χ3v) is 0.910. The second-order valence-corrected chi connectivity index (χ2v) is 1.51. The number of methoxy groups -OCH3 is 1. The maximum atomic E-state index is 12.1. The molecule has 0 saturated carbocycles. The molecule has 0 aliphatic heterocycles. The number of hydrogen-bond donors (Lipinski definition) is 0. The third-order valence-electron chi connectivity index (χ3n) is 0.910. The van der Waals surface area contributed by atoms with Gasteiger partial charge in [0.15, 0.2) is 0 Å². The molecule has 0 aromatic heterocycles. The Kier molecular flexibility index (Phi) is 2.71. The highest BCUT2D eigenvalue weighted by molar-refractivity contribution is 5.33. The Balaban J connectivity index is 4.05. The van der Waals surface area contributed by atoms with Crippen LogP contribution >= 0.6 is 0 Å². The van der Waals surface area contributed by atoms with Crippen LogP contribution in [0.2, 0.25) is 0 Å². The van der Waals surface area contributed by atoms with E-state index in [1.54, 1.807) is 0 Å². The second kappa shape index (κ2) is 3.07. The van der Waals surface area contributed by atoms with Gasteiger partial charge in [0.05, 0.1) is 7.11 Å². The topological polar surface area (TPSA) is 9.23 Å². The second-order valence-electron chi connectivity index (χ2n) is 1.51. The Morgan fingerprint density at radius 1 is 1.33 bits per heavy atom. The summed E-state index contributed by atoms with van der Waals surface area (Å²) in [7, 11) is 1.40. The van der Waals surface area contributed by atoms with E-state index >= 15 is 0 Å². The van der Waals surface area contributed by atoms with Crippen LogP contribution in [0.1, 0.15) is 0 Å². The van der Waals surface area contributed by atoms with Gasteiger partial charge in [-0.15, -0.1) is 0 Å². The molecule has 0 saturated heterocycles. The van der Waals surface area contributed by atoms with Crippen molar-refractivity contribution in [2.45, 2.75) is 0 Å². The molecule has 0 rings (SSSR count). The van der Waals surface area contributed by atoms with Gasteiger partial charge in [-0.05, 0) is 0 Å². The fourth-order valence-electron chi connectivity index (χ4n) is 0.274. The molecule has 9 heavy (non-hydrogen) atoms. The molecule has 50 valence electrons. The third kappa shape index (κ3) is 2.13.